The van der Waals surface area contributed by atoms with E-state index in [1.54, 1.807) is 0 Å². The van der Waals surface area contributed by atoms with E-state index in [2.05, 4.69) is 22.9 Å². The van der Waals surface area contributed by atoms with E-state index in [1.165, 1.54) is 0 Å². The summed E-state index contributed by atoms with van der Waals surface area (Å²) in [6.45, 7) is 5.00. The smallest absolute Gasteiger partial charge is 0.254 e. The van der Waals surface area contributed by atoms with Crippen molar-refractivity contribution in [3.8, 4) is 0 Å². The number of likely N-dealkylation sites (tertiary alicyclic amines) is 1. The molecule has 2 rings (SSSR count). The van der Waals surface area contributed by atoms with Crippen LogP contribution in [0.5, 0.6) is 0 Å². The third kappa shape index (κ3) is 2.14. The number of halogens is 1. The minimum absolute atomic E-state index is 0.170. The van der Waals surface area contributed by atoms with Crippen molar-refractivity contribution < 1.29 is 4.79 Å². The van der Waals surface area contributed by atoms with Gasteiger partial charge in [-0.25, -0.2) is 0 Å². The second-order valence-corrected chi connectivity index (χ2v) is 5.36. The largest absolute Gasteiger partial charge is 0.336 e. The Morgan fingerprint density at radius 1 is 1.50 bits per heavy atom. The van der Waals surface area contributed by atoms with Crippen LogP contribution in [-0.2, 0) is 0 Å². The summed E-state index contributed by atoms with van der Waals surface area (Å²) >= 11 is 3.42. The zero-order valence-corrected chi connectivity index (χ0v) is 11.3. The fraction of sp³-hybridized carbons (Fsp3) is 0.462. The lowest BCUT2D eigenvalue weighted by molar-refractivity contribution is 0.0746. The average Bonchev–Trinajstić information content (AvgIpc) is 2.67. The van der Waals surface area contributed by atoms with E-state index >= 15 is 0 Å². The molecule has 3 heteroatoms. The van der Waals surface area contributed by atoms with Gasteiger partial charge in [0.05, 0.1) is 0 Å². The third-order valence-electron chi connectivity index (χ3n) is 3.24. The molecule has 1 atom stereocenters. The monoisotopic (exact) mass is 281 g/mol. The summed E-state index contributed by atoms with van der Waals surface area (Å²) in [7, 11) is 0. The molecule has 86 valence electrons. The van der Waals surface area contributed by atoms with Gasteiger partial charge in [0.25, 0.3) is 5.91 Å². The van der Waals surface area contributed by atoms with Crippen molar-refractivity contribution in [3.63, 3.8) is 0 Å². The molecule has 1 aromatic carbocycles. The first-order valence-corrected chi connectivity index (χ1v) is 6.46. The Labute approximate surface area is 105 Å². The zero-order chi connectivity index (χ0) is 11.7. The number of carbonyl (C=O) groups excluding carboxylic acids is 1. The molecule has 2 nitrogen and oxygen atoms in total. The normalized spacial score (nSPS) is 20.2. The maximum absolute atomic E-state index is 12.3. The molecule has 0 spiro atoms. The molecule has 0 aromatic heterocycles. The van der Waals surface area contributed by atoms with Crippen LogP contribution < -0.4 is 0 Å². The highest BCUT2D eigenvalue weighted by Gasteiger charge is 2.26. The highest BCUT2D eigenvalue weighted by atomic mass is 79.9. The van der Waals surface area contributed by atoms with E-state index < -0.39 is 0 Å². The Hall–Kier alpha value is -0.830. The number of benzene rings is 1. The summed E-state index contributed by atoms with van der Waals surface area (Å²) in [6, 6.07) is 6.26. The van der Waals surface area contributed by atoms with Gasteiger partial charge in [-0.1, -0.05) is 22.0 Å². The topological polar surface area (TPSA) is 20.3 Å². The molecular weight excluding hydrogens is 266 g/mol. The first kappa shape index (κ1) is 11.6. The second kappa shape index (κ2) is 4.58. The van der Waals surface area contributed by atoms with Crippen molar-refractivity contribution in [1.82, 2.24) is 4.90 Å². The number of aryl methyl sites for hydroxylation is 1. The van der Waals surface area contributed by atoms with Crippen LogP contribution in [0.25, 0.3) is 0 Å². The van der Waals surface area contributed by atoms with Crippen molar-refractivity contribution in [2.45, 2.75) is 32.7 Å². The number of nitrogens with zero attached hydrogens (tertiary/aromatic N) is 1. The van der Waals surface area contributed by atoms with E-state index in [0.29, 0.717) is 6.04 Å². The van der Waals surface area contributed by atoms with Crippen molar-refractivity contribution in [2.24, 2.45) is 0 Å². The molecule has 1 heterocycles. The molecule has 0 aliphatic carbocycles. The second-order valence-electron chi connectivity index (χ2n) is 4.45. The minimum Gasteiger partial charge on any atom is -0.336 e. The summed E-state index contributed by atoms with van der Waals surface area (Å²) in [6.07, 6.45) is 2.25. The molecule has 1 saturated heterocycles. The molecule has 1 fully saturated rings. The van der Waals surface area contributed by atoms with Gasteiger partial charge in [-0.05, 0) is 44.4 Å². The van der Waals surface area contributed by atoms with Crippen molar-refractivity contribution in [1.29, 1.82) is 0 Å². The van der Waals surface area contributed by atoms with Crippen LogP contribution in [-0.4, -0.2) is 23.4 Å². The van der Waals surface area contributed by atoms with E-state index in [9.17, 15) is 4.79 Å². The van der Waals surface area contributed by atoms with Crippen LogP contribution in [0.3, 0.4) is 0 Å². The number of carbonyl (C=O) groups is 1. The Morgan fingerprint density at radius 2 is 2.25 bits per heavy atom. The van der Waals surface area contributed by atoms with E-state index in [4.69, 9.17) is 0 Å². The van der Waals surface area contributed by atoms with Crippen molar-refractivity contribution >= 4 is 21.8 Å². The Kier molecular flexibility index (Phi) is 3.33. The summed E-state index contributed by atoms with van der Waals surface area (Å²) in [5.74, 6) is 0.170. The lowest BCUT2D eigenvalue weighted by Gasteiger charge is -2.22. The Morgan fingerprint density at radius 3 is 2.88 bits per heavy atom. The van der Waals surface area contributed by atoms with Gasteiger partial charge in [0, 0.05) is 22.6 Å². The number of amides is 1. The van der Waals surface area contributed by atoms with Gasteiger partial charge in [0.2, 0.25) is 0 Å². The van der Waals surface area contributed by atoms with Crippen LogP contribution in [0.2, 0.25) is 0 Å². The van der Waals surface area contributed by atoms with Crippen LogP contribution in [0.15, 0.2) is 22.7 Å². The fourth-order valence-corrected chi connectivity index (χ4v) is 2.58. The molecule has 0 radical (unpaired) electrons. The molecule has 1 aliphatic rings. The first-order valence-electron chi connectivity index (χ1n) is 5.66. The highest BCUT2D eigenvalue weighted by molar-refractivity contribution is 9.10. The zero-order valence-electron chi connectivity index (χ0n) is 9.66. The van der Waals surface area contributed by atoms with Gasteiger partial charge in [0.1, 0.15) is 0 Å². The molecule has 1 amide bonds. The van der Waals surface area contributed by atoms with Gasteiger partial charge in [0.15, 0.2) is 0 Å². The maximum Gasteiger partial charge on any atom is 0.254 e. The predicted octanol–water partition coefficient (Wildman–Crippen LogP) is 3.38. The molecular formula is C13H16BrNO. The maximum atomic E-state index is 12.3. The van der Waals surface area contributed by atoms with E-state index in [0.717, 1.165) is 35.0 Å². The van der Waals surface area contributed by atoms with Crippen LogP contribution in [0.4, 0.5) is 0 Å². The SMILES string of the molecule is Cc1ccc(Br)cc1C(=O)N1CCCC1C. The molecule has 1 unspecified atom stereocenters. The molecule has 1 aromatic rings. The van der Waals surface area contributed by atoms with Crippen LogP contribution in [0.1, 0.15) is 35.7 Å². The van der Waals surface area contributed by atoms with Crippen molar-refractivity contribution in [3.05, 3.63) is 33.8 Å². The van der Waals surface area contributed by atoms with Crippen LogP contribution in [0, 0.1) is 6.92 Å². The molecule has 1 aliphatic heterocycles. The molecule has 16 heavy (non-hydrogen) atoms. The Balaban J connectivity index is 2.29. The quantitative estimate of drug-likeness (QED) is 0.773. The first-order chi connectivity index (χ1) is 7.59. The van der Waals surface area contributed by atoms with E-state index in [-0.39, 0.29) is 5.91 Å². The fourth-order valence-electron chi connectivity index (χ4n) is 2.21. The molecule has 0 bridgehead atoms. The number of hydrogen-bond donors (Lipinski definition) is 0. The average molecular weight is 282 g/mol. The van der Waals surface area contributed by atoms with E-state index in [1.807, 2.05) is 30.0 Å². The lowest BCUT2D eigenvalue weighted by atomic mass is 10.1. The molecule has 0 N–H and O–H groups in total. The lowest BCUT2D eigenvalue weighted by Crippen LogP contribution is -2.34. The Bertz CT molecular complexity index is 416. The summed E-state index contributed by atoms with van der Waals surface area (Å²) in [5, 5.41) is 0. The van der Waals surface area contributed by atoms with Gasteiger partial charge < -0.3 is 4.90 Å². The third-order valence-corrected chi connectivity index (χ3v) is 3.74. The predicted molar refractivity (Wildman–Crippen MR) is 68.6 cm³/mol. The summed E-state index contributed by atoms with van der Waals surface area (Å²) < 4.78 is 0.966. The minimum atomic E-state index is 0.170. The number of rotatable bonds is 1. The van der Waals surface area contributed by atoms with Crippen molar-refractivity contribution in [2.75, 3.05) is 6.54 Å². The van der Waals surface area contributed by atoms with Gasteiger partial charge >= 0.3 is 0 Å². The van der Waals surface area contributed by atoms with Gasteiger partial charge in [-0.2, -0.15) is 0 Å². The highest BCUT2D eigenvalue weighted by Crippen LogP contribution is 2.23. The summed E-state index contributed by atoms with van der Waals surface area (Å²) in [4.78, 5) is 14.3. The number of hydrogen-bond acceptors (Lipinski definition) is 1. The van der Waals surface area contributed by atoms with Gasteiger partial charge in [-0.15, -0.1) is 0 Å². The van der Waals surface area contributed by atoms with Gasteiger partial charge in [-0.3, -0.25) is 4.79 Å². The van der Waals surface area contributed by atoms with Crippen LogP contribution >= 0.6 is 15.9 Å². The standard InChI is InChI=1S/C13H16BrNO/c1-9-5-6-11(14)8-12(9)13(16)15-7-3-4-10(15)2/h5-6,8,10H,3-4,7H2,1-2H3. The molecule has 0 saturated carbocycles. The summed E-state index contributed by atoms with van der Waals surface area (Å²) in [5.41, 5.74) is 1.87.